The number of halogens is 2. The van der Waals surface area contributed by atoms with Crippen molar-refractivity contribution in [3.05, 3.63) is 29.8 Å². The van der Waals surface area contributed by atoms with Crippen molar-refractivity contribution in [1.82, 2.24) is 4.90 Å². The van der Waals surface area contributed by atoms with Crippen molar-refractivity contribution >= 4 is 11.7 Å². The number of hydrogen-bond acceptors (Lipinski definition) is 1. The molecular formula is C11H12F2N2O. The molecule has 0 spiro atoms. The van der Waals surface area contributed by atoms with Crippen LogP contribution in [0.4, 0.5) is 19.3 Å². The SMILES string of the molecule is O=C(Nc1ccc(F)cc1F)N1CCCC1. The molecule has 1 heterocycles. The highest BCUT2D eigenvalue weighted by molar-refractivity contribution is 5.89. The van der Waals surface area contributed by atoms with Crippen LogP contribution in [0.25, 0.3) is 0 Å². The summed E-state index contributed by atoms with van der Waals surface area (Å²) in [4.78, 5) is 13.2. The quantitative estimate of drug-likeness (QED) is 0.784. The summed E-state index contributed by atoms with van der Waals surface area (Å²) in [7, 11) is 0. The van der Waals surface area contributed by atoms with Gasteiger partial charge in [-0.3, -0.25) is 0 Å². The molecule has 3 nitrogen and oxygen atoms in total. The van der Waals surface area contributed by atoms with Crippen molar-refractivity contribution in [2.24, 2.45) is 0 Å². The first-order valence-electron chi connectivity index (χ1n) is 5.18. The van der Waals surface area contributed by atoms with Crippen molar-refractivity contribution in [3.8, 4) is 0 Å². The third kappa shape index (κ3) is 2.29. The fraction of sp³-hybridized carbons (Fsp3) is 0.364. The summed E-state index contributed by atoms with van der Waals surface area (Å²) in [6.07, 6.45) is 1.94. The van der Waals surface area contributed by atoms with Gasteiger partial charge in [-0.2, -0.15) is 0 Å². The molecule has 0 aliphatic carbocycles. The normalized spacial score (nSPS) is 15.2. The van der Waals surface area contributed by atoms with Crippen molar-refractivity contribution in [2.45, 2.75) is 12.8 Å². The number of hydrogen-bond donors (Lipinski definition) is 1. The molecule has 0 atom stereocenters. The van der Waals surface area contributed by atoms with Gasteiger partial charge < -0.3 is 10.2 Å². The van der Waals surface area contributed by atoms with Crippen LogP contribution in [-0.2, 0) is 0 Å². The summed E-state index contributed by atoms with van der Waals surface area (Å²) >= 11 is 0. The first-order chi connectivity index (χ1) is 7.66. The van der Waals surface area contributed by atoms with Crippen LogP contribution in [0.15, 0.2) is 18.2 Å². The lowest BCUT2D eigenvalue weighted by Crippen LogP contribution is -2.32. The fourth-order valence-electron chi connectivity index (χ4n) is 1.71. The number of urea groups is 1. The van der Waals surface area contributed by atoms with E-state index < -0.39 is 11.6 Å². The van der Waals surface area contributed by atoms with E-state index in [4.69, 9.17) is 0 Å². The largest absolute Gasteiger partial charge is 0.325 e. The van der Waals surface area contributed by atoms with E-state index >= 15 is 0 Å². The van der Waals surface area contributed by atoms with E-state index in [0.29, 0.717) is 13.1 Å². The molecule has 0 aromatic heterocycles. The Kier molecular flexibility index (Phi) is 3.03. The molecule has 1 fully saturated rings. The van der Waals surface area contributed by atoms with Crippen LogP contribution >= 0.6 is 0 Å². The Morgan fingerprint density at radius 2 is 1.94 bits per heavy atom. The zero-order chi connectivity index (χ0) is 11.5. The summed E-state index contributed by atoms with van der Waals surface area (Å²) in [6, 6.07) is 2.75. The van der Waals surface area contributed by atoms with Gasteiger partial charge in [0.2, 0.25) is 0 Å². The lowest BCUT2D eigenvalue weighted by Gasteiger charge is -2.16. The van der Waals surface area contributed by atoms with Gasteiger partial charge in [0.25, 0.3) is 0 Å². The fourth-order valence-corrected chi connectivity index (χ4v) is 1.71. The number of benzene rings is 1. The molecule has 2 amide bonds. The summed E-state index contributed by atoms with van der Waals surface area (Å²) in [5.41, 5.74) is 0.0123. The van der Waals surface area contributed by atoms with Crippen molar-refractivity contribution in [3.63, 3.8) is 0 Å². The van der Waals surface area contributed by atoms with E-state index in [0.717, 1.165) is 25.0 Å². The van der Waals surface area contributed by atoms with E-state index in [1.165, 1.54) is 6.07 Å². The van der Waals surface area contributed by atoms with Crippen LogP contribution in [0.5, 0.6) is 0 Å². The maximum atomic E-state index is 13.2. The zero-order valence-electron chi connectivity index (χ0n) is 8.67. The summed E-state index contributed by atoms with van der Waals surface area (Å²) in [5.74, 6) is -1.41. The van der Waals surface area contributed by atoms with Gasteiger partial charge in [0.1, 0.15) is 11.6 Å². The minimum atomic E-state index is -0.757. The number of carbonyl (C=O) groups excluding carboxylic acids is 1. The third-order valence-electron chi connectivity index (χ3n) is 2.57. The molecule has 1 aliphatic heterocycles. The van der Waals surface area contributed by atoms with Crippen LogP contribution < -0.4 is 5.32 Å². The average Bonchev–Trinajstić information content (AvgIpc) is 2.75. The maximum absolute atomic E-state index is 13.2. The monoisotopic (exact) mass is 226 g/mol. The molecule has 1 aliphatic rings. The summed E-state index contributed by atoms with van der Waals surface area (Å²) in [6.45, 7) is 1.38. The van der Waals surface area contributed by atoms with Crippen LogP contribution in [0.3, 0.4) is 0 Å². The second kappa shape index (κ2) is 4.47. The van der Waals surface area contributed by atoms with E-state index in [-0.39, 0.29) is 11.7 Å². The minimum Gasteiger partial charge on any atom is -0.325 e. The van der Waals surface area contributed by atoms with Gasteiger partial charge >= 0.3 is 6.03 Å². The topological polar surface area (TPSA) is 32.3 Å². The highest BCUT2D eigenvalue weighted by Gasteiger charge is 2.18. The first kappa shape index (κ1) is 10.9. The molecule has 1 aromatic rings. The Morgan fingerprint density at radius 1 is 1.25 bits per heavy atom. The standard InChI is InChI=1S/C11H12F2N2O/c12-8-3-4-10(9(13)7-8)14-11(16)15-5-1-2-6-15/h3-4,7H,1-2,5-6H2,(H,14,16). The van der Waals surface area contributed by atoms with E-state index in [9.17, 15) is 13.6 Å². The number of anilines is 1. The molecule has 16 heavy (non-hydrogen) atoms. The molecule has 0 bridgehead atoms. The van der Waals surface area contributed by atoms with E-state index in [2.05, 4.69) is 5.32 Å². The minimum absolute atomic E-state index is 0.0123. The number of amides is 2. The lowest BCUT2D eigenvalue weighted by atomic mass is 10.3. The number of nitrogens with one attached hydrogen (secondary N) is 1. The molecule has 86 valence electrons. The number of likely N-dealkylation sites (tertiary alicyclic amines) is 1. The first-order valence-corrected chi connectivity index (χ1v) is 5.18. The second-order valence-corrected chi connectivity index (χ2v) is 3.75. The Labute approximate surface area is 92.1 Å². The average molecular weight is 226 g/mol. The number of rotatable bonds is 1. The van der Waals surface area contributed by atoms with Crippen molar-refractivity contribution in [2.75, 3.05) is 18.4 Å². The summed E-state index contributed by atoms with van der Waals surface area (Å²) in [5, 5.41) is 2.42. The van der Waals surface area contributed by atoms with Crippen LogP contribution in [0.2, 0.25) is 0 Å². The summed E-state index contributed by atoms with van der Waals surface area (Å²) < 4.78 is 25.8. The van der Waals surface area contributed by atoms with E-state index in [1.54, 1.807) is 4.90 Å². The van der Waals surface area contributed by atoms with Crippen LogP contribution in [0, 0.1) is 11.6 Å². The van der Waals surface area contributed by atoms with Crippen molar-refractivity contribution in [1.29, 1.82) is 0 Å². The Morgan fingerprint density at radius 3 is 2.56 bits per heavy atom. The van der Waals surface area contributed by atoms with Gasteiger partial charge in [0.15, 0.2) is 0 Å². The maximum Gasteiger partial charge on any atom is 0.321 e. The van der Waals surface area contributed by atoms with Gasteiger partial charge in [0.05, 0.1) is 5.69 Å². The Hall–Kier alpha value is -1.65. The predicted octanol–water partition coefficient (Wildman–Crippen LogP) is 2.59. The molecule has 1 saturated heterocycles. The predicted molar refractivity (Wildman–Crippen MR) is 56.2 cm³/mol. The van der Waals surface area contributed by atoms with Gasteiger partial charge in [-0.15, -0.1) is 0 Å². The third-order valence-corrected chi connectivity index (χ3v) is 2.57. The molecular weight excluding hydrogens is 214 g/mol. The smallest absolute Gasteiger partial charge is 0.321 e. The second-order valence-electron chi connectivity index (χ2n) is 3.75. The lowest BCUT2D eigenvalue weighted by molar-refractivity contribution is 0.222. The molecule has 0 radical (unpaired) electrons. The highest BCUT2D eigenvalue weighted by atomic mass is 19.1. The van der Waals surface area contributed by atoms with Crippen LogP contribution in [-0.4, -0.2) is 24.0 Å². The molecule has 5 heteroatoms. The van der Waals surface area contributed by atoms with Crippen molar-refractivity contribution < 1.29 is 13.6 Å². The molecule has 0 saturated carbocycles. The Bertz CT molecular complexity index is 403. The molecule has 1 N–H and O–H groups in total. The van der Waals surface area contributed by atoms with Gasteiger partial charge in [-0.25, -0.2) is 13.6 Å². The number of nitrogens with zero attached hydrogens (tertiary/aromatic N) is 1. The van der Waals surface area contributed by atoms with Gasteiger partial charge in [-0.1, -0.05) is 0 Å². The van der Waals surface area contributed by atoms with Gasteiger partial charge in [0, 0.05) is 19.2 Å². The van der Waals surface area contributed by atoms with Gasteiger partial charge in [-0.05, 0) is 25.0 Å². The molecule has 1 aromatic carbocycles. The molecule has 0 unspecified atom stereocenters. The van der Waals surface area contributed by atoms with E-state index in [1.807, 2.05) is 0 Å². The number of carbonyl (C=O) groups is 1. The zero-order valence-corrected chi connectivity index (χ0v) is 8.67. The van der Waals surface area contributed by atoms with Crippen LogP contribution in [0.1, 0.15) is 12.8 Å². The molecule has 2 rings (SSSR count). The highest BCUT2D eigenvalue weighted by Crippen LogP contribution is 2.16. The Balaban J connectivity index is 2.05.